The molecule has 1 aromatic heterocycles. The summed E-state index contributed by atoms with van der Waals surface area (Å²) in [5.74, 6) is -1.24. The number of nitrogens with one attached hydrogen (secondary N) is 1. The van der Waals surface area contributed by atoms with Gasteiger partial charge in [-0.3, -0.25) is 14.9 Å². The summed E-state index contributed by atoms with van der Waals surface area (Å²) in [5.41, 5.74) is 3.03. The second kappa shape index (κ2) is 7.71. The molecule has 2 aromatic carbocycles. The molecule has 8 heteroatoms. The Kier molecular flexibility index (Phi) is 5.10. The Morgan fingerprint density at radius 1 is 1.17 bits per heavy atom. The lowest BCUT2D eigenvalue weighted by Gasteiger charge is -2.17. The van der Waals surface area contributed by atoms with E-state index in [-0.39, 0.29) is 22.5 Å². The maximum absolute atomic E-state index is 13.8. The molecule has 0 bridgehead atoms. The van der Waals surface area contributed by atoms with E-state index in [1.807, 2.05) is 26.0 Å². The molecule has 1 saturated heterocycles. The number of aryl methyl sites for hydroxylation is 2. The van der Waals surface area contributed by atoms with Gasteiger partial charge in [0.25, 0.3) is 5.91 Å². The smallest absolute Gasteiger partial charge is 0.260 e. The molecule has 1 N–H and O–H groups in total. The minimum atomic E-state index is -0.597. The topological polar surface area (TPSA) is 75.2 Å². The highest BCUT2D eigenvalue weighted by atomic mass is 32.1. The molecular weight excluding hydrogens is 391 g/mol. The van der Waals surface area contributed by atoms with Gasteiger partial charge in [0.1, 0.15) is 10.8 Å². The number of halogens is 1. The summed E-state index contributed by atoms with van der Waals surface area (Å²) in [4.78, 5) is 26.6. The lowest BCUT2D eigenvalue weighted by molar-refractivity contribution is -0.117. The molecule has 0 unspecified atom stereocenters. The lowest BCUT2D eigenvalue weighted by Crippen LogP contribution is -2.24. The molecular formula is C21H19FN4O2S. The number of hydrogen-bond acceptors (Lipinski definition) is 5. The second-order valence-corrected chi connectivity index (χ2v) is 8.14. The van der Waals surface area contributed by atoms with Crippen molar-refractivity contribution < 1.29 is 14.0 Å². The monoisotopic (exact) mass is 410 g/mol. The van der Waals surface area contributed by atoms with E-state index in [0.29, 0.717) is 18.0 Å². The maximum Gasteiger partial charge on any atom is 0.260 e. The molecule has 1 fully saturated rings. The highest BCUT2D eigenvalue weighted by Crippen LogP contribution is 2.35. The molecule has 0 saturated carbocycles. The molecule has 148 valence electrons. The van der Waals surface area contributed by atoms with Crippen molar-refractivity contribution in [3.05, 3.63) is 70.0 Å². The number of aromatic nitrogens is 2. The van der Waals surface area contributed by atoms with E-state index in [4.69, 9.17) is 0 Å². The van der Waals surface area contributed by atoms with Crippen molar-refractivity contribution in [3.63, 3.8) is 0 Å². The summed E-state index contributed by atoms with van der Waals surface area (Å²) in [6.07, 6.45) is 0.336. The van der Waals surface area contributed by atoms with Crippen LogP contribution in [-0.2, 0) is 4.79 Å². The first kappa shape index (κ1) is 19.2. The van der Waals surface area contributed by atoms with E-state index in [0.717, 1.165) is 16.8 Å². The molecule has 0 radical (unpaired) electrons. The molecule has 29 heavy (non-hydrogen) atoms. The van der Waals surface area contributed by atoms with Crippen LogP contribution in [0.1, 0.15) is 38.8 Å². The third-order valence-electron chi connectivity index (χ3n) is 4.77. The normalized spacial score (nSPS) is 16.3. The number of nitrogens with zero attached hydrogens (tertiary/aromatic N) is 3. The number of rotatable bonds is 4. The summed E-state index contributed by atoms with van der Waals surface area (Å²) in [6.45, 7) is 4.52. The summed E-state index contributed by atoms with van der Waals surface area (Å²) in [6, 6.07) is 11.8. The molecule has 6 nitrogen and oxygen atoms in total. The summed E-state index contributed by atoms with van der Waals surface area (Å²) in [7, 11) is 0. The average molecular weight is 410 g/mol. The van der Waals surface area contributed by atoms with Crippen LogP contribution in [0.25, 0.3) is 0 Å². The summed E-state index contributed by atoms with van der Waals surface area (Å²) >= 11 is 1.21. The summed E-state index contributed by atoms with van der Waals surface area (Å²) < 4.78 is 13.8. The Morgan fingerprint density at radius 2 is 1.90 bits per heavy atom. The van der Waals surface area contributed by atoms with Gasteiger partial charge in [0.05, 0.1) is 5.56 Å². The number of anilines is 2. The molecule has 3 aromatic rings. The van der Waals surface area contributed by atoms with Crippen molar-refractivity contribution >= 4 is 34.0 Å². The van der Waals surface area contributed by atoms with Gasteiger partial charge in [0.2, 0.25) is 11.0 Å². The first-order valence-corrected chi connectivity index (χ1v) is 10.0. The third kappa shape index (κ3) is 4.02. The SMILES string of the molecule is Cc1cc(C)cc(N2C[C@H](c3nnc(NC(=O)c4ccccc4F)s3)CC2=O)c1. The van der Waals surface area contributed by atoms with E-state index in [2.05, 4.69) is 21.6 Å². The van der Waals surface area contributed by atoms with Crippen LogP contribution < -0.4 is 10.2 Å². The molecule has 4 rings (SSSR count). The van der Waals surface area contributed by atoms with Crippen LogP contribution in [-0.4, -0.2) is 28.6 Å². The fourth-order valence-corrected chi connectivity index (χ4v) is 4.32. The highest BCUT2D eigenvalue weighted by molar-refractivity contribution is 7.15. The number of carbonyl (C=O) groups is 2. The van der Waals surface area contributed by atoms with Crippen molar-refractivity contribution in [2.45, 2.75) is 26.2 Å². The van der Waals surface area contributed by atoms with E-state index < -0.39 is 11.7 Å². The first-order chi connectivity index (χ1) is 13.9. The lowest BCUT2D eigenvalue weighted by atomic mass is 10.1. The molecule has 0 aliphatic carbocycles. The van der Waals surface area contributed by atoms with Crippen LogP contribution in [0.4, 0.5) is 15.2 Å². The third-order valence-corrected chi connectivity index (χ3v) is 5.77. The van der Waals surface area contributed by atoms with Gasteiger partial charge in [-0.25, -0.2) is 4.39 Å². The van der Waals surface area contributed by atoms with Gasteiger partial charge in [-0.1, -0.05) is 29.5 Å². The number of amides is 2. The second-order valence-electron chi connectivity index (χ2n) is 7.13. The van der Waals surface area contributed by atoms with Gasteiger partial charge in [-0.2, -0.15) is 0 Å². The quantitative estimate of drug-likeness (QED) is 0.704. The zero-order chi connectivity index (χ0) is 20.5. The Bertz CT molecular complexity index is 1080. The minimum Gasteiger partial charge on any atom is -0.312 e. The van der Waals surface area contributed by atoms with Gasteiger partial charge < -0.3 is 4.90 Å². The fraction of sp³-hybridized carbons (Fsp3) is 0.238. The van der Waals surface area contributed by atoms with Crippen molar-refractivity contribution in [1.29, 1.82) is 0 Å². The van der Waals surface area contributed by atoms with E-state index in [9.17, 15) is 14.0 Å². The van der Waals surface area contributed by atoms with E-state index in [1.54, 1.807) is 11.0 Å². The largest absolute Gasteiger partial charge is 0.312 e. The zero-order valence-electron chi connectivity index (χ0n) is 16.0. The van der Waals surface area contributed by atoms with Gasteiger partial charge in [-0.05, 0) is 49.2 Å². The van der Waals surface area contributed by atoms with Crippen LogP contribution in [0.5, 0.6) is 0 Å². The predicted octanol–water partition coefficient (Wildman–Crippen LogP) is 4.07. The van der Waals surface area contributed by atoms with Gasteiger partial charge in [0, 0.05) is 24.6 Å². The van der Waals surface area contributed by atoms with Crippen LogP contribution in [0.3, 0.4) is 0 Å². The van der Waals surface area contributed by atoms with Crippen molar-refractivity contribution in [2.24, 2.45) is 0 Å². The molecule has 1 aliphatic rings. The van der Waals surface area contributed by atoms with Crippen LogP contribution in [0.15, 0.2) is 42.5 Å². The Labute approximate surface area is 171 Å². The molecule has 1 aliphatic heterocycles. The number of benzene rings is 2. The Hall–Kier alpha value is -3.13. The van der Waals surface area contributed by atoms with Crippen LogP contribution in [0.2, 0.25) is 0 Å². The molecule has 1 atom stereocenters. The standard InChI is InChI=1S/C21H19FN4O2S/c1-12-7-13(2)9-15(8-12)26-11-14(10-18(26)27)20-24-25-21(29-20)23-19(28)16-5-3-4-6-17(16)22/h3-9,14H,10-11H2,1-2H3,(H,23,25,28)/t14-/m1/s1. The highest BCUT2D eigenvalue weighted by Gasteiger charge is 2.34. The molecule has 0 spiro atoms. The zero-order valence-corrected chi connectivity index (χ0v) is 16.8. The minimum absolute atomic E-state index is 0.0344. The van der Waals surface area contributed by atoms with Gasteiger partial charge in [-0.15, -0.1) is 10.2 Å². The Morgan fingerprint density at radius 3 is 2.62 bits per heavy atom. The molecule has 2 heterocycles. The van der Waals surface area contributed by atoms with Crippen LogP contribution in [0, 0.1) is 19.7 Å². The van der Waals surface area contributed by atoms with E-state index in [1.165, 1.54) is 29.5 Å². The van der Waals surface area contributed by atoms with E-state index >= 15 is 0 Å². The summed E-state index contributed by atoms with van der Waals surface area (Å²) in [5, 5.41) is 11.7. The van der Waals surface area contributed by atoms with Crippen molar-refractivity contribution in [2.75, 3.05) is 16.8 Å². The number of hydrogen-bond donors (Lipinski definition) is 1. The molecule has 2 amide bonds. The number of carbonyl (C=O) groups excluding carboxylic acids is 2. The first-order valence-electron chi connectivity index (χ1n) is 9.18. The van der Waals surface area contributed by atoms with Crippen molar-refractivity contribution in [3.8, 4) is 0 Å². The van der Waals surface area contributed by atoms with Crippen molar-refractivity contribution in [1.82, 2.24) is 10.2 Å². The van der Waals surface area contributed by atoms with Gasteiger partial charge in [0.15, 0.2) is 0 Å². The predicted molar refractivity (Wildman–Crippen MR) is 110 cm³/mol. The fourth-order valence-electron chi connectivity index (χ4n) is 3.49. The average Bonchev–Trinajstić information content (AvgIpc) is 3.27. The maximum atomic E-state index is 13.8. The van der Waals surface area contributed by atoms with Crippen LogP contribution >= 0.6 is 11.3 Å². The Balaban J connectivity index is 1.48. The van der Waals surface area contributed by atoms with Gasteiger partial charge >= 0.3 is 0 Å².